The molecule has 0 atom stereocenters. The molecule has 0 unspecified atom stereocenters. The highest BCUT2D eigenvalue weighted by Gasteiger charge is 2.33. The topological polar surface area (TPSA) is 41.1 Å². The van der Waals surface area contributed by atoms with Gasteiger partial charge in [0.15, 0.2) is 0 Å². The maximum absolute atomic E-state index is 12.4. The minimum atomic E-state index is -0.0403. The molecule has 19 heavy (non-hydrogen) atoms. The molecular formula is C15H21ClN2O. The number of nitrogens with one attached hydrogen (secondary N) is 2. The summed E-state index contributed by atoms with van der Waals surface area (Å²) >= 11 is 6.01. The maximum atomic E-state index is 12.4. The summed E-state index contributed by atoms with van der Waals surface area (Å²) in [5.74, 6) is -0.0386. The van der Waals surface area contributed by atoms with Crippen LogP contribution in [-0.2, 0) is 0 Å². The van der Waals surface area contributed by atoms with Gasteiger partial charge in [-0.05, 0) is 50.8 Å². The van der Waals surface area contributed by atoms with E-state index >= 15 is 0 Å². The van der Waals surface area contributed by atoms with Crippen LogP contribution in [0.3, 0.4) is 0 Å². The number of hydrogen-bond acceptors (Lipinski definition) is 2. The Bertz CT molecular complexity index is 469. The Hall–Kier alpha value is -1.22. The second-order valence-corrected chi connectivity index (χ2v) is 5.92. The molecule has 0 aliphatic heterocycles. The molecule has 0 saturated heterocycles. The molecule has 2 N–H and O–H groups in total. The van der Waals surface area contributed by atoms with Gasteiger partial charge >= 0.3 is 0 Å². The van der Waals surface area contributed by atoms with Gasteiger partial charge < -0.3 is 10.6 Å². The lowest BCUT2D eigenvalue weighted by Crippen LogP contribution is -2.51. The molecule has 3 nitrogen and oxygen atoms in total. The molecule has 1 aromatic carbocycles. The quantitative estimate of drug-likeness (QED) is 0.860. The van der Waals surface area contributed by atoms with Gasteiger partial charge in [0.25, 0.3) is 5.91 Å². The minimum Gasteiger partial charge on any atom is -0.384 e. The van der Waals surface area contributed by atoms with Crippen LogP contribution in [0.2, 0.25) is 5.02 Å². The van der Waals surface area contributed by atoms with E-state index in [2.05, 4.69) is 24.5 Å². The zero-order valence-electron chi connectivity index (χ0n) is 11.6. The predicted molar refractivity (Wildman–Crippen MR) is 80.0 cm³/mol. The van der Waals surface area contributed by atoms with Crippen LogP contribution in [0.15, 0.2) is 18.2 Å². The van der Waals surface area contributed by atoms with E-state index in [-0.39, 0.29) is 11.4 Å². The first-order valence-electron chi connectivity index (χ1n) is 6.90. The molecule has 2 rings (SSSR count). The van der Waals surface area contributed by atoms with Gasteiger partial charge in [0.2, 0.25) is 0 Å². The van der Waals surface area contributed by atoms with Crippen molar-refractivity contribution in [1.82, 2.24) is 5.32 Å². The fourth-order valence-corrected chi connectivity index (χ4v) is 2.46. The lowest BCUT2D eigenvalue weighted by molar-refractivity contribution is 0.0851. The summed E-state index contributed by atoms with van der Waals surface area (Å²) in [4.78, 5) is 12.4. The third kappa shape index (κ3) is 3.41. The van der Waals surface area contributed by atoms with Gasteiger partial charge in [-0.15, -0.1) is 0 Å². The van der Waals surface area contributed by atoms with Crippen LogP contribution in [-0.4, -0.2) is 18.0 Å². The Morgan fingerprint density at radius 2 is 2.16 bits per heavy atom. The van der Waals surface area contributed by atoms with E-state index in [0.29, 0.717) is 10.6 Å². The van der Waals surface area contributed by atoms with Crippen LogP contribution >= 0.6 is 11.6 Å². The summed E-state index contributed by atoms with van der Waals surface area (Å²) < 4.78 is 0. The van der Waals surface area contributed by atoms with Gasteiger partial charge in [-0.3, -0.25) is 4.79 Å². The van der Waals surface area contributed by atoms with E-state index in [1.54, 1.807) is 12.1 Å². The average molecular weight is 281 g/mol. The van der Waals surface area contributed by atoms with E-state index in [9.17, 15) is 4.79 Å². The number of halogens is 1. The minimum absolute atomic E-state index is 0.0386. The van der Waals surface area contributed by atoms with Gasteiger partial charge in [-0.25, -0.2) is 0 Å². The first-order valence-corrected chi connectivity index (χ1v) is 7.28. The normalized spacial score (nSPS) is 16.6. The van der Waals surface area contributed by atoms with Gasteiger partial charge in [-0.2, -0.15) is 0 Å². The maximum Gasteiger partial charge on any atom is 0.253 e. The van der Waals surface area contributed by atoms with Crippen molar-refractivity contribution in [3.05, 3.63) is 28.8 Å². The lowest BCUT2D eigenvalue weighted by Gasteiger charge is -2.39. The van der Waals surface area contributed by atoms with Crippen molar-refractivity contribution in [3.63, 3.8) is 0 Å². The third-order valence-corrected chi connectivity index (χ3v) is 3.90. The van der Waals surface area contributed by atoms with Crippen LogP contribution in [0.25, 0.3) is 0 Å². The molecule has 4 heteroatoms. The smallest absolute Gasteiger partial charge is 0.253 e. The van der Waals surface area contributed by atoms with Crippen molar-refractivity contribution in [1.29, 1.82) is 0 Å². The average Bonchev–Trinajstić information content (AvgIpc) is 2.35. The van der Waals surface area contributed by atoms with Crippen molar-refractivity contribution in [3.8, 4) is 0 Å². The van der Waals surface area contributed by atoms with Crippen molar-refractivity contribution in [2.75, 3.05) is 11.9 Å². The SMILES string of the molecule is CCCNc1ccc(Cl)cc1C(=O)NC1(C)CCC1. The standard InChI is InChI=1S/C15H21ClN2O/c1-3-9-17-13-6-5-11(16)10-12(13)14(19)18-15(2)7-4-8-15/h5-6,10,17H,3-4,7-9H2,1-2H3,(H,18,19). The lowest BCUT2D eigenvalue weighted by atomic mass is 9.78. The second-order valence-electron chi connectivity index (χ2n) is 5.49. The fourth-order valence-electron chi connectivity index (χ4n) is 2.29. The number of benzene rings is 1. The van der Waals surface area contributed by atoms with E-state index in [1.807, 2.05) is 6.07 Å². The Labute approximate surface area is 119 Å². The summed E-state index contributed by atoms with van der Waals surface area (Å²) in [5.41, 5.74) is 1.45. The van der Waals surface area contributed by atoms with Crippen LogP contribution in [0.1, 0.15) is 49.9 Å². The molecule has 104 valence electrons. The third-order valence-electron chi connectivity index (χ3n) is 3.66. The van der Waals surface area contributed by atoms with Gasteiger partial charge in [0.1, 0.15) is 0 Å². The molecule has 0 aromatic heterocycles. The number of rotatable bonds is 5. The second kappa shape index (κ2) is 5.83. The van der Waals surface area contributed by atoms with E-state index < -0.39 is 0 Å². The zero-order chi connectivity index (χ0) is 13.9. The predicted octanol–water partition coefficient (Wildman–Crippen LogP) is 3.83. The monoisotopic (exact) mass is 280 g/mol. The molecule has 1 aromatic rings. The highest BCUT2D eigenvalue weighted by molar-refractivity contribution is 6.31. The molecule has 0 spiro atoms. The van der Waals surface area contributed by atoms with Crippen LogP contribution < -0.4 is 10.6 Å². The molecule has 1 amide bonds. The summed E-state index contributed by atoms with van der Waals surface area (Å²) in [7, 11) is 0. The first kappa shape index (κ1) is 14.2. The fraction of sp³-hybridized carbons (Fsp3) is 0.533. The Morgan fingerprint density at radius 1 is 1.42 bits per heavy atom. The van der Waals surface area contributed by atoms with Crippen LogP contribution in [0.5, 0.6) is 0 Å². The number of carbonyl (C=O) groups excluding carboxylic acids is 1. The highest BCUT2D eigenvalue weighted by atomic mass is 35.5. The zero-order valence-corrected chi connectivity index (χ0v) is 12.3. The summed E-state index contributed by atoms with van der Waals surface area (Å²) in [6.07, 6.45) is 4.31. The van der Waals surface area contributed by atoms with Gasteiger partial charge in [0, 0.05) is 22.8 Å². The van der Waals surface area contributed by atoms with Crippen molar-refractivity contribution in [2.45, 2.75) is 45.1 Å². The highest BCUT2D eigenvalue weighted by Crippen LogP contribution is 2.32. The molecule has 0 radical (unpaired) electrons. The van der Waals surface area contributed by atoms with Crippen molar-refractivity contribution < 1.29 is 4.79 Å². The molecule has 1 saturated carbocycles. The van der Waals surface area contributed by atoms with E-state index in [4.69, 9.17) is 11.6 Å². The number of anilines is 1. The van der Waals surface area contributed by atoms with Gasteiger partial charge in [-0.1, -0.05) is 18.5 Å². The molecular weight excluding hydrogens is 260 g/mol. The number of hydrogen-bond donors (Lipinski definition) is 2. The van der Waals surface area contributed by atoms with E-state index in [0.717, 1.165) is 31.5 Å². The van der Waals surface area contributed by atoms with Gasteiger partial charge in [0.05, 0.1) is 5.56 Å². The molecule has 1 aliphatic rings. The van der Waals surface area contributed by atoms with Crippen LogP contribution in [0.4, 0.5) is 5.69 Å². The number of carbonyl (C=O) groups is 1. The Balaban J connectivity index is 2.16. The molecule has 1 aliphatic carbocycles. The molecule has 0 heterocycles. The van der Waals surface area contributed by atoms with E-state index in [1.165, 1.54) is 6.42 Å². The van der Waals surface area contributed by atoms with Crippen molar-refractivity contribution in [2.24, 2.45) is 0 Å². The largest absolute Gasteiger partial charge is 0.384 e. The Kier molecular flexibility index (Phi) is 4.35. The Morgan fingerprint density at radius 3 is 2.74 bits per heavy atom. The number of amides is 1. The summed E-state index contributed by atoms with van der Waals surface area (Å²) in [6.45, 7) is 5.04. The summed E-state index contributed by atoms with van der Waals surface area (Å²) in [6, 6.07) is 5.41. The first-order chi connectivity index (χ1) is 9.04. The molecule has 1 fully saturated rings. The molecule has 0 bridgehead atoms. The summed E-state index contributed by atoms with van der Waals surface area (Å²) in [5, 5.41) is 6.98. The van der Waals surface area contributed by atoms with Crippen molar-refractivity contribution >= 4 is 23.2 Å². The van der Waals surface area contributed by atoms with Crippen LogP contribution in [0, 0.1) is 0 Å².